The normalized spacial score (nSPS) is 12.9. The van der Waals surface area contributed by atoms with Crippen molar-refractivity contribution in [1.29, 1.82) is 0 Å². The summed E-state index contributed by atoms with van der Waals surface area (Å²) in [5, 5.41) is 22.6. The minimum absolute atomic E-state index is 0.230. The molecule has 1 aromatic heterocycles. The third-order valence-electron chi connectivity index (χ3n) is 2.19. The van der Waals surface area contributed by atoms with E-state index in [-0.39, 0.29) is 6.61 Å². The van der Waals surface area contributed by atoms with Gasteiger partial charge < -0.3 is 21.3 Å². The molecular formula is C9H16N2O2S. The zero-order chi connectivity index (χ0) is 10.7. The summed E-state index contributed by atoms with van der Waals surface area (Å²) in [4.78, 5) is 0. The maximum Gasteiger partial charge on any atom is 0.0942 e. The van der Waals surface area contributed by atoms with Gasteiger partial charge in [-0.1, -0.05) is 0 Å². The number of hydrogen-bond acceptors (Lipinski definition) is 5. The summed E-state index contributed by atoms with van der Waals surface area (Å²) in [5.74, 6) is 0. The molecule has 0 aliphatic heterocycles. The van der Waals surface area contributed by atoms with Crippen LogP contribution in [0.5, 0.6) is 0 Å². The lowest BCUT2D eigenvalue weighted by atomic mass is 10.2. The predicted octanol–water partition coefficient (Wildman–Crippen LogP) is 0.712. The standard InChI is InChI=1S/C9H16N2O2S/c1-5-6(2)9(14-8(5)10)11-3-7(13)4-12/h7,11-13H,3-4,10H2,1-2H3. The molecule has 0 amide bonds. The number of thiophene rings is 1. The summed E-state index contributed by atoms with van der Waals surface area (Å²) in [5.41, 5.74) is 7.94. The molecule has 5 heteroatoms. The molecule has 1 aromatic rings. The average molecular weight is 216 g/mol. The highest BCUT2D eigenvalue weighted by molar-refractivity contribution is 7.20. The van der Waals surface area contributed by atoms with E-state index in [1.54, 1.807) is 0 Å². The second-order valence-electron chi connectivity index (χ2n) is 3.26. The van der Waals surface area contributed by atoms with Gasteiger partial charge in [-0.3, -0.25) is 0 Å². The molecule has 0 aliphatic rings. The van der Waals surface area contributed by atoms with Gasteiger partial charge in [-0.15, -0.1) is 11.3 Å². The first kappa shape index (κ1) is 11.3. The Balaban J connectivity index is 2.63. The highest BCUT2D eigenvalue weighted by atomic mass is 32.1. The summed E-state index contributed by atoms with van der Waals surface area (Å²) in [6.07, 6.45) is -0.724. The summed E-state index contributed by atoms with van der Waals surface area (Å²) in [7, 11) is 0. The third-order valence-corrected chi connectivity index (χ3v) is 3.37. The van der Waals surface area contributed by atoms with E-state index < -0.39 is 6.10 Å². The van der Waals surface area contributed by atoms with Crippen molar-refractivity contribution in [3.63, 3.8) is 0 Å². The Morgan fingerprint density at radius 1 is 1.43 bits per heavy atom. The number of anilines is 2. The fraction of sp³-hybridized carbons (Fsp3) is 0.556. The van der Waals surface area contributed by atoms with Crippen molar-refractivity contribution in [3.8, 4) is 0 Å². The zero-order valence-electron chi connectivity index (χ0n) is 8.37. The van der Waals surface area contributed by atoms with E-state index in [0.717, 1.165) is 21.1 Å². The Kier molecular flexibility index (Phi) is 3.74. The third kappa shape index (κ3) is 2.37. The first-order valence-electron chi connectivity index (χ1n) is 4.44. The van der Waals surface area contributed by atoms with Crippen molar-refractivity contribution >= 4 is 21.3 Å². The van der Waals surface area contributed by atoms with Crippen LogP contribution in [0, 0.1) is 13.8 Å². The van der Waals surface area contributed by atoms with Crippen molar-refractivity contribution < 1.29 is 10.2 Å². The van der Waals surface area contributed by atoms with Crippen molar-refractivity contribution in [2.24, 2.45) is 0 Å². The number of hydrogen-bond donors (Lipinski definition) is 4. The predicted molar refractivity (Wildman–Crippen MR) is 59.8 cm³/mol. The van der Waals surface area contributed by atoms with Gasteiger partial charge in [-0.05, 0) is 25.0 Å². The molecule has 5 N–H and O–H groups in total. The highest BCUT2D eigenvalue weighted by Gasteiger charge is 2.09. The minimum Gasteiger partial charge on any atom is -0.394 e. The lowest BCUT2D eigenvalue weighted by Crippen LogP contribution is -2.22. The highest BCUT2D eigenvalue weighted by Crippen LogP contribution is 2.33. The molecular weight excluding hydrogens is 200 g/mol. The van der Waals surface area contributed by atoms with E-state index in [0.29, 0.717) is 6.54 Å². The number of nitrogens with two attached hydrogens (primary N) is 1. The van der Waals surface area contributed by atoms with Gasteiger partial charge in [0.15, 0.2) is 0 Å². The van der Waals surface area contributed by atoms with E-state index in [9.17, 15) is 0 Å². The molecule has 1 unspecified atom stereocenters. The van der Waals surface area contributed by atoms with Gasteiger partial charge in [0.1, 0.15) is 0 Å². The number of aliphatic hydroxyl groups is 2. The van der Waals surface area contributed by atoms with Crippen LogP contribution in [0.3, 0.4) is 0 Å². The van der Waals surface area contributed by atoms with Crippen LogP contribution in [0.15, 0.2) is 0 Å². The number of nitrogens with one attached hydrogen (secondary N) is 1. The van der Waals surface area contributed by atoms with E-state index in [1.165, 1.54) is 11.3 Å². The Bertz CT molecular complexity index is 312. The van der Waals surface area contributed by atoms with Crippen molar-refractivity contribution in [2.45, 2.75) is 20.0 Å². The van der Waals surface area contributed by atoms with E-state index in [2.05, 4.69) is 5.32 Å². The van der Waals surface area contributed by atoms with Gasteiger partial charge in [0.05, 0.1) is 22.7 Å². The van der Waals surface area contributed by atoms with E-state index >= 15 is 0 Å². The van der Waals surface area contributed by atoms with Gasteiger partial charge in [-0.25, -0.2) is 0 Å². The Hall–Kier alpha value is -0.780. The number of aliphatic hydroxyl groups excluding tert-OH is 2. The average Bonchev–Trinajstić information content (AvgIpc) is 2.42. The zero-order valence-corrected chi connectivity index (χ0v) is 9.19. The SMILES string of the molecule is Cc1c(N)sc(NCC(O)CO)c1C. The lowest BCUT2D eigenvalue weighted by molar-refractivity contribution is 0.105. The van der Waals surface area contributed by atoms with Crippen LogP contribution in [0.2, 0.25) is 0 Å². The van der Waals surface area contributed by atoms with Gasteiger partial charge in [-0.2, -0.15) is 0 Å². The quantitative estimate of drug-likeness (QED) is 0.598. The maximum atomic E-state index is 9.15. The van der Waals surface area contributed by atoms with Crippen LogP contribution < -0.4 is 11.1 Å². The van der Waals surface area contributed by atoms with Crippen LogP contribution in [0.4, 0.5) is 10.0 Å². The van der Waals surface area contributed by atoms with Crippen LogP contribution in [0.1, 0.15) is 11.1 Å². The van der Waals surface area contributed by atoms with Crippen molar-refractivity contribution in [2.75, 3.05) is 24.2 Å². The van der Waals surface area contributed by atoms with Crippen molar-refractivity contribution in [1.82, 2.24) is 0 Å². The first-order valence-corrected chi connectivity index (χ1v) is 5.26. The van der Waals surface area contributed by atoms with Gasteiger partial charge in [0, 0.05) is 6.54 Å². The summed E-state index contributed by atoms with van der Waals surface area (Å²) >= 11 is 1.47. The van der Waals surface area contributed by atoms with Gasteiger partial charge in [0.25, 0.3) is 0 Å². The molecule has 4 nitrogen and oxygen atoms in total. The largest absolute Gasteiger partial charge is 0.394 e. The number of nitrogen functional groups attached to an aromatic ring is 1. The smallest absolute Gasteiger partial charge is 0.0942 e. The second kappa shape index (κ2) is 4.63. The lowest BCUT2D eigenvalue weighted by Gasteiger charge is -2.09. The molecule has 0 aromatic carbocycles. The topological polar surface area (TPSA) is 78.5 Å². The van der Waals surface area contributed by atoms with Crippen LogP contribution >= 0.6 is 11.3 Å². The molecule has 0 saturated heterocycles. The Labute approximate surface area is 87.4 Å². The van der Waals surface area contributed by atoms with Crippen molar-refractivity contribution in [3.05, 3.63) is 11.1 Å². The molecule has 80 valence electrons. The molecule has 0 bridgehead atoms. The number of rotatable bonds is 4. The fourth-order valence-corrected chi connectivity index (χ4v) is 2.05. The van der Waals surface area contributed by atoms with Crippen LogP contribution in [-0.2, 0) is 0 Å². The molecule has 0 spiro atoms. The molecule has 1 atom stereocenters. The molecule has 1 heterocycles. The van der Waals surface area contributed by atoms with Gasteiger partial charge >= 0.3 is 0 Å². The van der Waals surface area contributed by atoms with Crippen LogP contribution in [-0.4, -0.2) is 29.5 Å². The maximum absolute atomic E-state index is 9.15. The van der Waals surface area contributed by atoms with Gasteiger partial charge in [0.2, 0.25) is 0 Å². The molecule has 14 heavy (non-hydrogen) atoms. The first-order chi connectivity index (χ1) is 6.56. The molecule has 0 saturated carbocycles. The second-order valence-corrected chi connectivity index (χ2v) is 4.31. The molecule has 1 rings (SSSR count). The Morgan fingerprint density at radius 3 is 2.50 bits per heavy atom. The summed E-state index contributed by atoms with van der Waals surface area (Å²) < 4.78 is 0. The monoisotopic (exact) mass is 216 g/mol. The van der Waals surface area contributed by atoms with E-state index in [1.807, 2.05) is 13.8 Å². The summed E-state index contributed by atoms with van der Waals surface area (Å²) in [6, 6.07) is 0. The molecule has 0 aliphatic carbocycles. The van der Waals surface area contributed by atoms with E-state index in [4.69, 9.17) is 15.9 Å². The Morgan fingerprint density at radius 2 is 2.07 bits per heavy atom. The molecule has 0 fully saturated rings. The fourth-order valence-electron chi connectivity index (χ4n) is 1.06. The van der Waals surface area contributed by atoms with Crippen LogP contribution in [0.25, 0.3) is 0 Å². The summed E-state index contributed by atoms with van der Waals surface area (Å²) in [6.45, 7) is 4.06. The molecule has 0 radical (unpaired) electrons. The minimum atomic E-state index is -0.724.